The standard InChI is InChI=1S/C24H29NO4.C20H29NO.ClH/c1-5-26-21-10-9-17(14-22(21)27-6-2)13-20-19-16-24(29-8-4)23(28-7-3)15-18(19)11-12-25-20;1-13(2)14-6-8-16-15(12-14)7-9-17-19(16,3)10-5-11-20(17,4)18(21)22;/h9-12,14-16H,5-8,13H2,1-4H3;6,8,12-13,17H,5,7,9-11H2,1-4H3,(H2,21,22);1H. The van der Waals surface area contributed by atoms with Crippen molar-refractivity contribution in [2.45, 2.75) is 105 Å². The third-order valence-electron chi connectivity index (χ3n) is 11.1. The Balaban J connectivity index is 0.000000236. The third kappa shape index (κ3) is 8.46. The van der Waals surface area contributed by atoms with Crippen LogP contribution in [-0.4, -0.2) is 37.3 Å². The van der Waals surface area contributed by atoms with Crippen molar-refractivity contribution in [3.63, 3.8) is 0 Å². The molecule has 1 heterocycles. The molecule has 1 fully saturated rings. The van der Waals surface area contributed by atoms with Crippen LogP contribution in [0, 0.1) is 11.3 Å². The highest BCUT2D eigenvalue weighted by Gasteiger charge is 2.54. The lowest BCUT2D eigenvalue weighted by Crippen LogP contribution is -2.54. The molecule has 1 amide bonds. The number of rotatable bonds is 12. The van der Waals surface area contributed by atoms with Crippen LogP contribution >= 0.6 is 12.4 Å². The van der Waals surface area contributed by atoms with E-state index < -0.39 is 0 Å². The largest absolute Gasteiger partial charge is 0.490 e. The van der Waals surface area contributed by atoms with E-state index in [2.05, 4.69) is 56.9 Å². The van der Waals surface area contributed by atoms with E-state index in [0.29, 0.717) is 44.7 Å². The summed E-state index contributed by atoms with van der Waals surface area (Å²) in [6.45, 7) is 19.2. The summed E-state index contributed by atoms with van der Waals surface area (Å²) in [5, 5.41) is 2.14. The van der Waals surface area contributed by atoms with Crippen molar-refractivity contribution < 1.29 is 23.7 Å². The van der Waals surface area contributed by atoms with Crippen LogP contribution in [0.2, 0.25) is 0 Å². The summed E-state index contributed by atoms with van der Waals surface area (Å²) in [5.74, 6) is 3.88. The van der Waals surface area contributed by atoms with Crippen molar-refractivity contribution >= 4 is 29.1 Å². The van der Waals surface area contributed by atoms with E-state index in [1.807, 2.05) is 64.2 Å². The van der Waals surface area contributed by atoms with Crippen LogP contribution in [0.5, 0.6) is 23.0 Å². The average molecular weight is 731 g/mol. The molecule has 282 valence electrons. The van der Waals surface area contributed by atoms with Crippen molar-refractivity contribution in [1.29, 1.82) is 0 Å². The van der Waals surface area contributed by atoms with Crippen LogP contribution < -0.4 is 24.7 Å². The Morgan fingerprint density at radius 1 is 0.827 bits per heavy atom. The molecule has 2 aliphatic carbocycles. The topological polar surface area (TPSA) is 92.9 Å². The molecule has 52 heavy (non-hydrogen) atoms. The molecule has 7 nitrogen and oxygen atoms in total. The summed E-state index contributed by atoms with van der Waals surface area (Å²) in [4.78, 5) is 16.8. The van der Waals surface area contributed by atoms with Crippen LogP contribution in [0.3, 0.4) is 0 Å². The van der Waals surface area contributed by atoms with Crippen molar-refractivity contribution in [3.05, 3.63) is 88.7 Å². The fraction of sp³-hybridized carbons (Fsp3) is 0.500. The van der Waals surface area contributed by atoms with Gasteiger partial charge in [-0.05, 0) is 129 Å². The lowest BCUT2D eigenvalue weighted by atomic mass is 9.49. The Kier molecular flexibility index (Phi) is 13.9. The van der Waals surface area contributed by atoms with Crippen LogP contribution in [0.1, 0.15) is 115 Å². The number of hydrogen-bond donors (Lipinski definition) is 1. The Labute approximate surface area is 317 Å². The van der Waals surface area contributed by atoms with Gasteiger partial charge in [0.1, 0.15) is 0 Å². The van der Waals surface area contributed by atoms with Gasteiger partial charge in [-0.15, -0.1) is 12.4 Å². The number of ether oxygens (including phenoxy) is 4. The summed E-state index contributed by atoms with van der Waals surface area (Å²) in [7, 11) is 0. The van der Waals surface area contributed by atoms with Crippen LogP contribution in [0.25, 0.3) is 10.8 Å². The Morgan fingerprint density at radius 3 is 2.10 bits per heavy atom. The minimum Gasteiger partial charge on any atom is -0.490 e. The number of benzene rings is 3. The van der Waals surface area contributed by atoms with E-state index in [1.54, 1.807) is 0 Å². The summed E-state index contributed by atoms with van der Waals surface area (Å²) in [6.07, 6.45) is 7.91. The lowest BCUT2D eigenvalue weighted by molar-refractivity contribution is -0.135. The molecule has 4 aromatic rings. The van der Waals surface area contributed by atoms with Gasteiger partial charge in [-0.1, -0.05) is 58.4 Å². The van der Waals surface area contributed by atoms with Gasteiger partial charge in [0, 0.05) is 23.4 Å². The molecule has 0 aliphatic heterocycles. The molecule has 6 rings (SSSR count). The number of fused-ring (bicyclic) bond motifs is 4. The number of halogens is 1. The molecule has 0 saturated heterocycles. The van der Waals surface area contributed by atoms with Crippen molar-refractivity contribution in [1.82, 2.24) is 4.98 Å². The molecular formula is C44H59ClN2O5. The fourth-order valence-electron chi connectivity index (χ4n) is 8.48. The molecule has 2 N–H and O–H groups in total. The second-order valence-corrected chi connectivity index (χ2v) is 14.7. The predicted octanol–water partition coefficient (Wildman–Crippen LogP) is 10.1. The first-order valence-electron chi connectivity index (χ1n) is 19.0. The number of nitrogens with zero attached hydrogens (tertiary/aromatic N) is 1. The minimum atomic E-state index is -0.346. The van der Waals surface area contributed by atoms with Gasteiger partial charge in [0.2, 0.25) is 5.91 Å². The van der Waals surface area contributed by atoms with E-state index >= 15 is 0 Å². The van der Waals surface area contributed by atoms with Crippen molar-refractivity contribution in [2.24, 2.45) is 17.1 Å². The first kappa shape index (κ1) is 40.8. The molecule has 1 aromatic heterocycles. The first-order valence-corrected chi connectivity index (χ1v) is 19.0. The number of aryl methyl sites for hydroxylation is 1. The van der Waals surface area contributed by atoms with Crippen LogP contribution in [0.4, 0.5) is 0 Å². The van der Waals surface area contributed by atoms with E-state index in [9.17, 15) is 4.79 Å². The van der Waals surface area contributed by atoms with E-state index in [4.69, 9.17) is 24.7 Å². The van der Waals surface area contributed by atoms with Gasteiger partial charge >= 0.3 is 0 Å². The molecule has 2 aliphatic rings. The average Bonchev–Trinajstić information content (AvgIpc) is 3.10. The summed E-state index contributed by atoms with van der Waals surface area (Å²) >= 11 is 0. The maximum Gasteiger partial charge on any atom is 0.223 e. The van der Waals surface area contributed by atoms with E-state index in [1.165, 1.54) is 23.1 Å². The highest BCUT2D eigenvalue weighted by molar-refractivity contribution is 5.88. The minimum absolute atomic E-state index is 0. The predicted molar refractivity (Wildman–Crippen MR) is 214 cm³/mol. The number of aromatic nitrogens is 1. The van der Waals surface area contributed by atoms with Crippen molar-refractivity contribution in [3.8, 4) is 23.0 Å². The first-order chi connectivity index (χ1) is 24.5. The van der Waals surface area contributed by atoms with Gasteiger partial charge in [-0.25, -0.2) is 0 Å². The number of amides is 1. The zero-order chi connectivity index (χ0) is 36.8. The fourth-order valence-corrected chi connectivity index (χ4v) is 8.48. The van der Waals surface area contributed by atoms with Gasteiger partial charge in [0.25, 0.3) is 0 Å². The third-order valence-corrected chi connectivity index (χ3v) is 11.1. The SMILES string of the molecule is CC(C)c1ccc2c(c1)CCC1C(C)(C(N)=O)CCCC21C.CCOc1ccc(Cc2nccc3cc(OCC)c(OCC)cc23)cc1OCC.Cl. The number of carbonyl (C=O) groups is 1. The highest BCUT2D eigenvalue weighted by atomic mass is 35.5. The number of hydrogen-bond acceptors (Lipinski definition) is 6. The molecule has 3 atom stereocenters. The van der Waals surface area contributed by atoms with Gasteiger partial charge in [0.05, 0.1) is 32.1 Å². The molecule has 3 unspecified atom stereocenters. The van der Waals surface area contributed by atoms with Crippen LogP contribution in [-0.2, 0) is 23.1 Å². The summed E-state index contributed by atoms with van der Waals surface area (Å²) < 4.78 is 23.0. The smallest absolute Gasteiger partial charge is 0.223 e. The summed E-state index contributed by atoms with van der Waals surface area (Å²) in [5.41, 5.74) is 12.1. The molecule has 0 radical (unpaired) electrons. The second kappa shape index (κ2) is 17.7. The summed E-state index contributed by atoms with van der Waals surface area (Å²) in [6, 6.07) is 19.1. The molecular weight excluding hydrogens is 672 g/mol. The van der Waals surface area contributed by atoms with Crippen LogP contribution in [0.15, 0.2) is 60.8 Å². The maximum atomic E-state index is 12.2. The Morgan fingerprint density at radius 2 is 1.46 bits per heavy atom. The quantitative estimate of drug-likeness (QED) is 0.156. The lowest BCUT2D eigenvalue weighted by Gasteiger charge is -2.54. The molecule has 0 spiro atoms. The Hall–Kier alpha value is -3.97. The zero-order valence-corrected chi connectivity index (χ0v) is 33.3. The van der Waals surface area contributed by atoms with E-state index in [-0.39, 0.29) is 29.1 Å². The normalized spacial score (nSPS) is 20.4. The monoisotopic (exact) mass is 730 g/mol. The van der Waals surface area contributed by atoms with Gasteiger partial charge in [-0.3, -0.25) is 9.78 Å². The Bertz CT molecular complexity index is 1830. The second-order valence-electron chi connectivity index (χ2n) is 14.7. The number of carbonyl (C=O) groups excluding carboxylic acids is 1. The molecule has 1 saturated carbocycles. The number of pyridine rings is 1. The molecule has 8 heteroatoms. The molecule has 0 bridgehead atoms. The van der Waals surface area contributed by atoms with Crippen molar-refractivity contribution in [2.75, 3.05) is 26.4 Å². The maximum absolute atomic E-state index is 12.2. The highest BCUT2D eigenvalue weighted by Crippen LogP contribution is 2.57. The number of nitrogens with two attached hydrogens (primary N) is 1. The number of primary amides is 1. The van der Waals surface area contributed by atoms with Gasteiger partial charge in [0.15, 0.2) is 23.0 Å². The van der Waals surface area contributed by atoms with Gasteiger partial charge in [-0.2, -0.15) is 0 Å². The van der Waals surface area contributed by atoms with Gasteiger partial charge < -0.3 is 24.7 Å². The zero-order valence-electron chi connectivity index (χ0n) is 32.5. The van der Waals surface area contributed by atoms with E-state index in [0.717, 1.165) is 70.7 Å². The molecule has 3 aromatic carbocycles.